The van der Waals surface area contributed by atoms with Crippen molar-refractivity contribution in [2.75, 3.05) is 0 Å². The summed E-state index contributed by atoms with van der Waals surface area (Å²) in [5.74, 6) is 0. The average Bonchev–Trinajstić information content (AvgIpc) is 2.00. The zero-order valence-electron chi connectivity index (χ0n) is 5.72. The van der Waals surface area contributed by atoms with E-state index >= 15 is 0 Å². The molecule has 0 fully saturated rings. The highest BCUT2D eigenvalue weighted by atomic mass is 13.9. The van der Waals surface area contributed by atoms with Gasteiger partial charge in [-0.1, -0.05) is 24.3 Å². The minimum atomic E-state index is 1.11. The van der Waals surface area contributed by atoms with Crippen LogP contribution < -0.4 is 0 Å². The van der Waals surface area contributed by atoms with Crippen molar-refractivity contribution in [1.82, 2.24) is 0 Å². The summed E-state index contributed by atoms with van der Waals surface area (Å²) in [6.07, 6.45) is 16.0. The van der Waals surface area contributed by atoms with E-state index < -0.39 is 0 Å². The Balaban J connectivity index is 2.28. The highest BCUT2D eigenvalue weighted by Gasteiger charge is 1.84. The van der Waals surface area contributed by atoms with E-state index in [1.165, 1.54) is 19.3 Å². The van der Waals surface area contributed by atoms with Crippen LogP contribution in [0.3, 0.4) is 0 Å². The Kier molecular flexibility index (Phi) is 3.20. The molecule has 0 aromatic heterocycles. The van der Waals surface area contributed by atoms with Crippen molar-refractivity contribution >= 4 is 0 Å². The van der Waals surface area contributed by atoms with Crippen molar-refractivity contribution in [3.05, 3.63) is 30.7 Å². The second-order valence-electron chi connectivity index (χ2n) is 2.30. The Hall–Kier alpha value is -0.520. The van der Waals surface area contributed by atoms with E-state index in [0.717, 1.165) is 6.42 Å². The van der Waals surface area contributed by atoms with Crippen molar-refractivity contribution in [2.45, 2.75) is 25.7 Å². The predicted octanol–water partition coefficient (Wildman–Crippen LogP) is 2.88. The number of hydrogen-bond donors (Lipinski definition) is 0. The summed E-state index contributed by atoms with van der Waals surface area (Å²) in [7, 11) is 0. The lowest BCUT2D eigenvalue weighted by molar-refractivity contribution is 0.869. The molecule has 9 heavy (non-hydrogen) atoms. The monoisotopic (exact) mass is 121 g/mol. The van der Waals surface area contributed by atoms with Crippen LogP contribution in [0.15, 0.2) is 24.3 Å². The minimum Gasteiger partial charge on any atom is -0.0885 e. The molecule has 0 heterocycles. The van der Waals surface area contributed by atoms with Gasteiger partial charge in [-0.05, 0) is 32.1 Å². The Morgan fingerprint density at radius 2 is 1.78 bits per heavy atom. The summed E-state index contributed by atoms with van der Waals surface area (Å²) in [6, 6.07) is 0. The second-order valence-corrected chi connectivity index (χ2v) is 2.30. The van der Waals surface area contributed by atoms with Crippen LogP contribution in [0.5, 0.6) is 0 Å². The van der Waals surface area contributed by atoms with E-state index in [2.05, 4.69) is 30.7 Å². The van der Waals surface area contributed by atoms with Gasteiger partial charge < -0.3 is 0 Å². The highest BCUT2D eigenvalue weighted by molar-refractivity contribution is 5.01. The fourth-order valence-corrected chi connectivity index (χ4v) is 0.917. The molecule has 1 radical (unpaired) electrons. The molecule has 0 saturated carbocycles. The van der Waals surface area contributed by atoms with Crippen LogP contribution in [0.2, 0.25) is 0 Å². The fraction of sp³-hybridized carbons (Fsp3) is 0.444. The lowest BCUT2D eigenvalue weighted by Crippen LogP contribution is -1.65. The number of rotatable bonds is 0. The molecule has 0 amide bonds. The zero-order valence-corrected chi connectivity index (χ0v) is 5.72. The van der Waals surface area contributed by atoms with Gasteiger partial charge in [-0.25, -0.2) is 0 Å². The van der Waals surface area contributed by atoms with E-state index in [1.54, 1.807) is 0 Å². The summed E-state index contributed by atoms with van der Waals surface area (Å²) in [6.45, 7) is 0. The molecular weight excluding hydrogens is 108 g/mol. The van der Waals surface area contributed by atoms with Crippen LogP contribution >= 0.6 is 0 Å². The highest BCUT2D eigenvalue weighted by Crippen LogP contribution is 2.03. The van der Waals surface area contributed by atoms with Gasteiger partial charge in [-0.15, -0.1) is 0 Å². The van der Waals surface area contributed by atoms with Gasteiger partial charge >= 0.3 is 0 Å². The molecule has 0 bridgehead atoms. The van der Waals surface area contributed by atoms with Gasteiger partial charge in [-0.2, -0.15) is 0 Å². The summed E-state index contributed by atoms with van der Waals surface area (Å²) in [5, 5.41) is 0. The molecule has 0 aromatic rings. The van der Waals surface area contributed by atoms with Gasteiger partial charge in [0.1, 0.15) is 0 Å². The molecule has 49 valence electrons. The molecule has 1 rings (SSSR count). The molecule has 1 aliphatic carbocycles. The molecule has 0 nitrogen and oxygen atoms in total. The van der Waals surface area contributed by atoms with Crippen molar-refractivity contribution in [2.24, 2.45) is 0 Å². The Bertz CT molecular complexity index is 95.2. The lowest BCUT2D eigenvalue weighted by atomic mass is 10.2. The van der Waals surface area contributed by atoms with Gasteiger partial charge in [0.2, 0.25) is 0 Å². The van der Waals surface area contributed by atoms with Crippen LogP contribution in [0.4, 0.5) is 0 Å². The maximum absolute atomic E-state index is 2.27. The molecule has 0 aromatic carbocycles. The molecule has 1 aliphatic rings. The summed E-state index contributed by atoms with van der Waals surface area (Å²) >= 11 is 0. The number of hydrogen-bond acceptors (Lipinski definition) is 0. The van der Waals surface area contributed by atoms with Crippen molar-refractivity contribution in [1.29, 1.82) is 0 Å². The third-order valence-electron chi connectivity index (χ3n) is 1.45. The number of allylic oxidation sites excluding steroid dienone is 4. The van der Waals surface area contributed by atoms with E-state index in [4.69, 9.17) is 0 Å². The maximum atomic E-state index is 2.27. The zero-order chi connectivity index (χ0) is 6.36. The van der Waals surface area contributed by atoms with Crippen molar-refractivity contribution in [3.63, 3.8) is 0 Å². The smallest absolute Gasteiger partial charge is 0.0133 e. The van der Waals surface area contributed by atoms with Crippen LogP contribution in [-0.2, 0) is 0 Å². The quantitative estimate of drug-likeness (QED) is 0.432. The van der Waals surface area contributed by atoms with Crippen molar-refractivity contribution in [3.8, 4) is 0 Å². The normalized spacial score (nSPS) is 27.6. The molecule has 0 saturated heterocycles. The molecule has 0 heteroatoms. The molecule has 0 aliphatic heterocycles. The maximum Gasteiger partial charge on any atom is -0.0133 e. The summed E-state index contributed by atoms with van der Waals surface area (Å²) < 4.78 is 0. The average molecular weight is 121 g/mol. The molecule has 0 atom stereocenters. The topological polar surface area (TPSA) is 0 Å². The summed E-state index contributed by atoms with van der Waals surface area (Å²) in [4.78, 5) is 0. The van der Waals surface area contributed by atoms with E-state index in [1.807, 2.05) is 0 Å². The third kappa shape index (κ3) is 3.12. The van der Waals surface area contributed by atoms with Crippen LogP contribution in [0.25, 0.3) is 0 Å². The van der Waals surface area contributed by atoms with Crippen LogP contribution in [0, 0.1) is 6.42 Å². The first kappa shape index (κ1) is 6.60. The fourth-order valence-electron chi connectivity index (χ4n) is 0.917. The first-order valence-corrected chi connectivity index (χ1v) is 3.63. The largest absolute Gasteiger partial charge is 0.0885 e. The predicted molar refractivity (Wildman–Crippen MR) is 41.0 cm³/mol. The molecule has 0 unspecified atom stereocenters. The van der Waals surface area contributed by atoms with Crippen LogP contribution in [-0.4, -0.2) is 0 Å². The van der Waals surface area contributed by atoms with E-state index in [-0.39, 0.29) is 0 Å². The lowest BCUT2D eigenvalue weighted by Gasteiger charge is -1.85. The first-order valence-electron chi connectivity index (χ1n) is 3.63. The van der Waals surface area contributed by atoms with Gasteiger partial charge in [0.25, 0.3) is 0 Å². The van der Waals surface area contributed by atoms with Gasteiger partial charge in [0.15, 0.2) is 0 Å². The van der Waals surface area contributed by atoms with E-state index in [9.17, 15) is 0 Å². The van der Waals surface area contributed by atoms with Gasteiger partial charge in [0, 0.05) is 0 Å². The van der Waals surface area contributed by atoms with E-state index in [0.29, 0.717) is 0 Å². The molecule has 0 spiro atoms. The molecular formula is C9H13. The Morgan fingerprint density at radius 3 is 2.78 bits per heavy atom. The Morgan fingerprint density at radius 1 is 0.889 bits per heavy atom. The van der Waals surface area contributed by atoms with Gasteiger partial charge in [-0.3, -0.25) is 0 Å². The Labute approximate surface area is 57.3 Å². The third-order valence-corrected chi connectivity index (χ3v) is 1.45. The SMILES string of the molecule is [CH]1/C=C\CCC/C=C\C1. The van der Waals surface area contributed by atoms with Crippen molar-refractivity contribution < 1.29 is 0 Å². The molecule has 0 N–H and O–H groups in total. The first-order chi connectivity index (χ1) is 4.50. The second kappa shape index (κ2) is 4.37. The van der Waals surface area contributed by atoms with Gasteiger partial charge in [0.05, 0.1) is 0 Å². The minimum absolute atomic E-state index is 1.11. The summed E-state index contributed by atoms with van der Waals surface area (Å²) in [5.41, 5.74) is 0. The van der Waals surface area contributed by atoms with Crippen LogP contribution in [0.1, 0.15) is 25.7 Å². The standard InChI is InChI=1S/C9H13/c1-2-4-6-8-9-7-5-3-1/h1-3,6,8H,4-5,7,9H2/b3-1-,8-6-.